The lowest BCUT2D eigenvalue weighted by atomic mass is 9.99. The summed E-state index contributed by atoms with van der Waals surface area (Å²) in [5.41, 5.74) is -2.18. The average Bonchev–Trinajstić information content (AvgIpc) is 2.50. The third-order valence-corrected chi connectivity index (χ3v) is 3.17. The van der Waals surface area contributed by atoms with Gasteiger partial charge in [-0.15, -0.1) is 0 Å². The third kappa shape index (κ3) is 12.9. The Balaban J connectivity index is 3.93. The molecule has 0 bridgehead atoms. The first kappa shape index (κ1) is 24.6. The van der Waals surface area contributed by atoms with E-state index in [2.05, 4.69) is 5.32 Å². The quantitative estimate of drug-likeness (QED) is 0.436. The number of aliphatic carboxylic acids is 1. The van der Waals surface area contributed by atoms with Gasteiger partial charge >= 0.3 is 12.1 Å². The summed E-state index contributed by atoms with van der Waals surface area (Å²) in [5, 5.41) is 11.8. The molecule has 0 aliphatic heterocycles. The highest BCUT2D eigenvalue weighted by Crippen LogP contribution is 2.13. The number of ether oxygens (including phenoxy) is 5. The van der Waals surface area contributed by atoms with Crippen LogP contribution in [0.5, 0.6) is 0 Å². The summed E-state index contributed by atoms with van der Waals surface area (Å²) in [5.74, 6) is -1.16. The number of hydrogen-bond acceptors (Lipinski definition) is 7. The van der Waals surface area contributed by atoms with Crippen molar-refractivity contribution in [3.8, 4) is 0 Å². The van der Waals surface area contributed by atoms with E-state index in [0.29, 0.717) is 39.6 Å². The largest absolute Gasteiger partial charge is 0.480 e. The summed E-state index contributed by atoms with van der Waals surface area (Å²) in [7, 11) is 1.61. The van der Waals surface area contributed by atoms with E-state index in [0.717, 1.165) is 0 Å². The maximum Gasteiger partial charge on any atom is 0.408 e. The van der Waals surface area contributed by atoms with Gasteiger partial charge < -0.3 is 34.1 Å². The second-order valence-corrected chi connectivity index (χ2v) is 6.84. The fourth-order valence-electron chi connectivity index (χ4n) is 1.71. The van der Waals surface area contributed by atoms with E-state index in [4.69, 9.17) is 23.7 Å². The van der Waals surface area contributed by atoms with Gasteiger partial charge in [-0.3, -0.25) is 0 Å². The van der Waals surface area contributed by atoms with Crippen molar-refractivity contribution < 1.29 is 38.4 Å². The minimum atomic E-state index is -1.47. The van der Waals surface area contributed by atoms with Crippen molar-refractivity contribution in [1.82, 2.24) is 5.32 Å². The van der Waals surface area contributed by atoms with Crippen LogP contribution in [0.25, 0.3) is 0 Å². The number of amides is 1. The van der Waals surface area contributed by atoms with Crippen LogP contribution < -0.4 is 5.32 Å². The number of carbonyl (C=O) groups excluding carboxylic acids is 1. The van der Waals surface area contributed by atoms with Crippen molar-refractivity contribution in [2.45, 2.75) is 45.3 Å². The SMILES string of the molecule is COCCOCCOCCOCC[C@@](C)(NC(=O)OC(C)(C)C)C(=O)O. The zero-order chi connectivity index (χ0) is 20.1. The first-order chi connectivity index (χ1) is 12.1. The number of rotatable bonds is 14. The summed E-state index contributed by atoms with van der Waals surface area (Å²) in [6.07, 6.45) is -0.680. The minimum Gasteiger partial charge on any atom is -0.480 e. The van der Waals surface area contributed by atoms with Crippen molar-refractivity contribution in [3.05, 3.63) is 0 Å². The molecule has 26 heavy (non-hydrogen) atoms. The normalized spacial score (nSPS) is 13.9. The lowest BCUT2D eigenvalue weighted by Gasteiger charge is -2.28. The van der Waals surface area contributed by atoms with Crippen LogP contribution in [0.4, 0.5) is 4.79 Å². The average molecular weight is 379 g/mol. The van der Waals surface area contributed by atoms with Gasteiger partial charge in [0.2, 0.25) is 0 Å². The number of carboxylic acid groups (broad SMARTS) is 1. The van der Waals surface area contributed by atoms with E-state index in [1.54, 1.807) is 27.9 Å². The predicted molar refractivity (Wildman–Crippen MR) is 94.4 cm³/mol. The second-order valence-electron chi connectivity index (χ2n) is 6.84. The molecule has 0 saturated heterocycles. The van der Waals surface area contributed by atoms with Crippen LogP contribution in [0.1, 0.15) is 34.1 Å². The molecule has 0 aliphatic rings. The van der Waals surface area contributed by atoms with Crippen LogP contribution >= 0.6 is 0 Å². The molecule has 0 spiro atoms. The fraction of sp³-hybridized carbons (Fsp3) is 0.882. The van der Waals surface area contributed by atoms with Crippen LogP contribution in [0, 0.1) is 0 Å². The van der Waals surface area contributed by atoms with Gasteiger partial charge in [-0.1, -0.05) is 0 Å². The zero-order valence-electron chi connectivity index (χ0n) is 16.5. The molecule has 9 nitrogen and oxygen atoms in total. The molecule has 0 unspecified atom stereocenters. The number of carbonyl (C=O) groups is 2. The van der Waals surface area contributed by atoms with Gasteiger partial charge in [-0.05, 0) is 27.7 Å². The van der Waals surface area contributed by atoms with E-state index in [1.807, 2.05) is 0 Å². The molecule has 1 amide bonds. The van der Waals surface area contributed by atoms with E-state index in [1.165, 1.54) is 6.92 Å². The Kier molecular flexibility index (Phi) is 12.2. The maximum absolute atomic E-state index is 11.8. The highest BCUT2D eigenvalue weighted by Gasteiger charge is 2.36. The van der Waals surface area contributed by atoms with Crippen molar-refractivity contribution in [3.63, 3.8) is 0 Å². The molecule has 0 heterocycles. The molecule has 0 aromatic heterocycles. The molecule has 2 N–H and O–H groups in total. The fourth-order valence-corrected chi connectivity index (χ4v) is 1.71. The second kappa shape index (κ2) is 12.9. The Morgan fingerprint density at radius 2 is 1.31 bits per heavy atom. The van der Waals surface area contributed by atoms with Crippen molar-refractivity contribution in [2.24, 2.45) is 0 Å². The highest BCUT2D eigenvalue weighted by molar-refractivity contribution is 5.83. The molecule has 0 fully saturated rings. The molecule has 0 radical (unpaired) electrons. The smallest absolute Gasteiger partial charge is 0.408 e. The molecule has 1 atom stereocenters. The standard InChI is InChI=1S/C17H33NO8/c1-16(2,3)26-15(21)18-17(4,14(19)20)6-7-23-10-11-25-13-12-24-9-8-22-5/h6-13H2,1-5H3,(H,18,21)(H,19,20)/t17-/m1/s1. The molecular formula is C17H33NO8. The predicted octanol–water partition coefficient (Wildman–Crippen LogP) is 1.44. The first-order valence-electron chi connectivity index (χ1n) is 8.57. The molecule has 0 aromatic carbocycles. The summed E-state index contributed by atoms with van der Waals surface area (Å²) in [6, 6.07) is 0. The van der Waals surface area contributed by atoms with Gasteiger partial charge in [0.25, 0.3) is 0 Å². The summed E-state index contributed by atoms with van der Waals surface area (Å²) >= 11 is 0. The van der Waals surface area contributed by atoms with Crippen LogP contribution in [0.15, 0.2) is 0 Å². The van der Waals surface area contributed by atoms with Gasteiger partial charge in [-0.25, -0.2) is 9.59 Å². The Morgan fingerprint density at radius 1 is 0.846 bits per heavy atom. The van der Waals surface area contributed by atoms with Gasteiger partial charge in [0, 0.05) is 20.1 Å². The highest BCUT2D eigenvalue weighted by atomic mass is 16.6. The molecule has 0 saturated carbocycles. The summed E-state index contributed by atoms with van der Waals surface area (Å²) in [6.45, 7) is 9.36. The van der Waals surface area contributed by atoms with Crippen LogP contribution in [-0.4, -0.2) is 81.7 Å². The van der Waals surface area contributed by atoms with Crippen LogP contribution in [0.3, 0.4) is 0 Å². The van der Waals surface area contributed by atoms with E-state index in [9.17, 15) is 14.7 Å². The number of carboxylic acids is 1. The Hall–Kier alpha value is -1.42. The first-order valence-corrected chi connectivity index (χ1v) is 8.57. The van der Waals surface area contributed by atoms with E-state index in [-0.39, 0.29) is 13.0 Å². The zero-order valence-corrected chi connectivity index (χ0v) is 16.5. The topological polar surface area (TPSA) is 113 Å². The number of nitrogens with one attached hydrogen (secondary N) is 1. The van der Waals surface area contributed by atoms with E-state index >= 15 is 0 Å². The Morgan fingerprint density at radius 3 is 1.73 bits per heavy atom. The van der Waals surface area contributed by atoms with Crippen LogP contribution in [-0.2, 0) is 28.5 Å². The molecule has 154 valence electrons. The number of hydrogen-bond donors (Lipinski definition) is 2. The molecule has 0 aromatic rings. The lowest BCUT2D eigenvalue weighted by molar-refractivity contribution is -0.145. The Labute approximate surface area is 155 Å². The molecule has 9 heteroatoms. The van der Waals surface area contributed by atoms with Crippen molar-refractivity contribution in [2.75, 3.05) is 53.4 Å². The minimum absolute atomic E-state index is 0.0989. The molecule has 0 aliphatic carbocycles. The van der Waals surface area contributed by atoms with Crippen molar-refractivity contribution in [1.29, 1.82) is 0 Å². The van der Waals surface area contributed by atoms with Gasteiger partial charge in [0.1, 0.15) is 11.1 Å². The monoisotopic (exact) mass is 379 g/mol. The summed E-state index contributed by atoms with van der Waals surface area (Å²) in [4.78, 5) is 23.3. The number of alkyl carbamates (subject to hydrolysis) is 1. The lowest BCUT2D eigenvalue weighted by Crippen LogP contribution is -2.54. The Bertz CT molecular complexity index is 410. The third-order valence-electron chi connectivity index (χ3n) is 3.17. The van der Waals surface area contributed by atoms with Crippen LogP contribution in [0.2, 0.25) is 0 Å². The van der Waals surface area contributed by atoms with Gasteiger partial charge in [-0.2, -0.15) is 0 Å². The summed E-state index contributed by atoms with van der Waals surface area (Å²) < 4.78 is 25.9. The van der Waals surface area contributed by atoms with Gasteiger partial charge in [0.05, 0.1) is 39.6 Å². The maximum atomic E-state index is 11.8. The van der Waals surface area contributed by atoms with E-state index < -0.39 is 23.2 Å². The van der Waals surface area contributed by atoms with Gasteiger partial charge in [0.15, 0.2) is 0 Å². The molecular weight excluding hydrogens is 346 g/mol. The van der Waals surface area contributed by atoms with Crippen molar-refractivity contribution >= 4 is 12.1 Å². The molecule has 0 rings (SSSR count). The number of methoxy groups -OCH3 is 1.